The molecule has 1 aliphatic rings. The Labute approximate surface area is 129 Å². The average Bonchev–Trinajstić information content (AvgIpc) is 2.60. The van der Waals surface area contributed by atoms with E-state index in [4.69, 9.17) is 28.9 Å². The lowest BCUT2D eigenvalue weighted by Crippen LogP contribution is -2.08. The summed E-state index contributed by atoms with van der Waals surface area (Å²) in [6.07, 6.45) is 0. The molecule has 1 aromatic carbocycles. The molecule has 0 spiro atoms. The highest BCUT2D eigenvalue weighted by Crippen LogP contribution is 2.69. The molecule has 2 aromatic rings. The number of anilines is 1. The number of nitrogens with zero attached hydrogens (tertiary/aromatic N) is 2. The van der Waals surface area contributed by atoms with Gasteiger partial charge in [0.25, 0.3) is 0 Å². The van der Waals surface area contributed by atoms with Gasteiger partial charge in [0.2, 0.25) is 5.95 Å². The molecule has 0 atom stereocenters. The number of imidazole rings is 1. The first-order chi connectivity index (χ1) is 9.16. The van der Waals surface area contributed by atoms with Gasteiger partial charge in [-0.15, -0.1) is 0 Å². The van der Waals surface area contributed by atoms with Crippen molar-refractivity contribution in [3.05, 3.63) is 22.2 Å². The molecule has 0 bridgehead atoms. The summed E-state index contributed by atoms with van der Waals surface area (Å²) in [5.74, 6) is 1.10. The second kappa shape index (κ2) is 4.05. The van der Waals surface area contributed by atoms with Crippen molar-refractivity contribution in [2.24, 2.45) is 16.7 Å². The summed E-state index contributed by atoms with van der Waals surface area (Å²) in [6.45, 7) is 10.1. The first-order valence-corrected chi connectivity index (χ1v) is 7.52. The van der Waals surface area contributed by atoms with E-state index < -0.39 is 0 Å². The number of rotatable bonds is 2. The maximum atomic E-state index is 6.12. The Kier molecular flexibility index (Phi) is 2.84. The molecule has 1 aromatic heterocycles. The predicted molar refractivity (Wildman–Crippen MR) is 85.2 cm³/mol. The van der Waals surface area contributed by atoms with Crippen molar-refractivity contribution >= 4 is 40.2 Å². The average molecular weight is 312 g/mol. The van der Waals surface area contributed by atoms with Crippen molar-refractivity contribution in [3.8, 4) is 0 Å². The van der Waals surface area contributed by atoms with Gasteiger partial charge in [-0.1, -0.05) is 50.9 Å². The van der Waals surface area contributed by atoms with E-state index in [0.29, 0.717) is 32.7 Å². The van der Waals surface area contributed by atoms with Crippen LogP contribution in [-0.2, 0) is 6.54 Å². The first-order valence-electron chi connectivity index (χ1n) is 6.77. The minimum absolute atomic E-state index is 0.312. The number of hydrogen-bond acceptors (Lipinski definition) is 2. The molecule has 1 fully saturated rings. The zero-order valence-corrected chi connectivity index (χ0v) is 13.7. The van der Waals surface area contributed by atoms with Gasteiger partial charge in [0.05, 0.1) is 21.1 Å². The molecule has 0 radical (unpaired) electrons. The van der Waals surface area contributed by atoms with Crippen LogP contribution in [-0.4, -0.2) is 9.55 Å². The molecular weight excluding hydrogens is 293 g/mol. The minimum Gasteiger partial charge on any atom is -0.369 e. The Balaban J connectivity index is 2.05. The van der Waals surface area contributed by atoms with E-state index in [1.54, 1.807) is 6.07 Å². The fourth-order valence-corrected chi connectivity index (χ4v) is 3.62. The monoisotopic (exact) mass is 311 g/mol. The lowest BCUT2D eigenvalue weighted by Gasteiger charge is -2.08. The summed E-state index contributed by atoms with van der Waals surface area (Å²) >= 11 is 12.2. The molecular formula is C15H19Cl2N3. The Hall–Kier alpha value is -0.930. The standard InChI is InChI=1S/C15H19Cl2N3/c1-14(2)12(15(14,3)4)7-20-11-6-9(17)8(16)5-10(11)19-13(20)18/h5-6,12H,7H2,1-4H3,(H2,18,19). The number of aromatic nitrogens is 2. The van der Waals surface area contributed by atoms with E-state index in [-0.39, 0.29) is 0 Å². The smallest absolute Gasteiger partial charge is 0.201 e. The Bertz CT molecular complexity index is 687. The molecule has 0 amide bonds. The fourth-order valence-electron chi connectivity index (χ4n) is 3.30. The lowest BCUT2D eigenvalue weighted by molar-refractivity contribution is 0.457. The molecule has 2 N–H and O–H groups in total. The normalized spacial score (nSPS) is 20.5. The highest BCUT2D eigenvalue weighted by molar-refractivity contribution is 6.42. The van der Waals surface area contributed by atoms with Crippen LogP contribution in [0.2, 0.25) is 10.0 Å². The fraction of sp³-hybridized carbons (Fsp3) is 0.533. The van der Waals surface area contributed by atoms with Gasteiger partial charge in [-0.2, -0.15) is 0 Å². The van der Waals surface area contributed by atoms with Crippen molar-refractivity contribution in [2.45, 2.75) is 34.2 Å². The third-order valence-electron chi connectivity index (χ3n) is 5.50. The Morgan fingerprint density at radius 1 is 1.15 bits per heavy atom. The Morgan fingerprint density at radius 2 is 1.70 bits per heavy atom. The van der Waals surface area contributed by atoms with Gasteiger partial charge in [0, 0.05) is 6.54 Å². The highest BCUT2D eigenvalue weighted by Gasteiger charge is 2.64. The second-order valence-electron chi connectivity index (χ2n) is 6.83. The molecule has 20 heavy (non-hydrogen) atoms. The predicted octanol–water partition coefficient (Wildman–Crippen LogP) is 4.61. The van der Waals surface area contributed by atoms with Crippen molar-refractivity contribution in [1.82, 2.24) is 9.55 Å². The van der Waals surface area contributed by atoms with Crippen LogP contribution >= 0.6 is 23.2 Å². The van der Waals surface area contributed by atoms with Crippen molar-refractivity contribution in [3.63, 3.8) is 0 Å². The molecule has 1 aliphatic carbocycles. The van der Waals surface area contributed by atoms with Crippen molar-refractivity contribution in [1.29, 1.82) is 0 Å². The molecule has 0 aliphatic heterocycles. The summed E-state index contributed by atoms with van der Waals surface area (Å²) < 4.78 is 2.05. The number of hydrogen-bond donors (Lipinski definition) is 1. The molecule has 0 saturated heterocycles. The number of nitrogens with two attached hydrogens (primary N) is 1. The van der Waals surface area contributed by atoms with E-state index in [9.17, 15) is 0 Å². The lowest BCUT2D eigenvalue weighted by atomic mass is 10.0. The van der Waals surface area contributed by atoms with Gasteiger partial charge < -0.3 is 10.3 Å². The summed E-state index contributed by atoms with van der Waals surface area (Å²) in [7, 11) is 0. The third kappa shape index (κ3) is 1.76. The summed E-state index contributed by atoms with van der Waals surface area (Å²) in [5.41, 5.74) is 8.45. The van der Waals surface area contributed by atoms with Gasteiger partial charge in [-0.25, -0.2) is 4.98 Å². The van der Waals surface area contributed by atoms with E-state index in [2.05, 4.69) is 37.2 Å². The van der Waals surface area contributed by atoms with Crippen molar-refractivity contribution in [2.75, 3.05) is 5.73 Å². The van der Waals surface area contributed by atoms with Gasteiger partial charge in [-0.3, -0.25) is 0 Å². The summed E-state index contributed by atoms with van der Waals surface area (Å²) in [4.78, 5) is 4.39. The molecule has 3 nitrogen and oxygen atoms in total. The SMILES string of the molecule is CC1(C)C(Cn2c(N)nc3cc(Cl)c(Cl)cc32)C1(C)C. The van der Waals surface area contributed by atoms with Crippen LogP contribution in [0.15, 0.2) is 12.1 Å². The van der Waals surface area contributed by atoms with E-state index in [0.717, 1.165) is 17.6 Å². The molecule has 0 unspecified atom stereocenters. The van der Waals surface area contributed by atoms with Crippen LogP contribution in [0.25, 0.3) is 11.0 Å². The minimum atomic E-state index is 0.312. The van der Waals surface area contributed by atoms with Crippen molar-refractivity contribution < 1.29 is 0 Å². The number of benzene rings is 1. The molecule has 5 heteroatoms. The maximum Gasteiger partial charge on any atom is 0.201 e. The van der Waals surface area contributed by atoms with E-state index >= 15 is 0 Å². The topological polar surface area (TPSA) is 43.8 Å². The molecule has 1 saturated carbocycles. The number of halogens is 2. The van der Waals surface area contributed by atoms with Crippen LogP contribution in [0.1, 0.15) is 27.7 Å². The van der Waals surface area contributed by atoms with Crippen LogP contribution in [0, 0.1) is 16.7 Å². The van der Waals surface area contributed by atoms with Crippen LogP contribution < -0.4 is 5.73 Å². The molecule has 1 heterocycles. The van der Waals surface area contributed by atoms with Gasteiger partial charge >= 0.3 is 0 Å². The third-order valence-corrected chi connectivity index (χ3v) is 6.23. The quantitative estimate of drug-likeness (QED) is 0.880. The zero-order chi connectivity index (χ0) is 14.9. The Morgan fingerprint density at radius 3 is 2.25 bits per heavy atom. The maximum absolute atomic E-state index is 6.12. The second-order valence-corrected chi connectivity index (χ2v) is 7.65. The van der Waals surface area contributed by atoms with Gasteiger partial charge in [-0.05, 0) is 28.9 Å². The largest absolute Gasteiger partial charge is 0.369 e. The van der Waals surface area contributed by atoms with Gasteiger partial charge in [0.15, 0.2) is 0 Å². The van der Waals surface area contributed by atoms with Gasteiger partial charge in [0.1, 0.15) is 0 Å². The zero-order valence-electron chi connectivity index (χ0n) is 12.2. The highest BCUT2D eigenvalue weighted by atomic mass is 35.5. The number of fused-ring (bicyclic) bond motifs is 1. The summed E-state index contributed by atoms with van der Waals surface area (Å²) in [6, 6.07) is 3.63. The first kappa shape index (κ1) is 14.0. The molecule has 108 valence electrons. The summed E-state index contributed by atoms with van der Waals surface area (Å²) in [5, 5.41) is 1.05. The van der Waals surface area contributed by atoms with Crippen LogP contribution in [0.4, 0.5) is 5.95 Å². The number of nitrogen functional groups attached to an aromatic ring is 1. The van der Waals surface area contributed by atoms with Crippen LogP contribution in [0.5, 0.6) is 0 Å². The van der Waals surface area contributed by atoms with E-state index in [1.807, 2.05) is 6.07 Å². The van der Waals surface area contributed by atoms with Crippen LogP contribution in [0.3, 0.4) is 0 Å². The van der Waals surface area contributed by atoms with E-state index in [1.165, 1.54) is 0 Å². The molecule has 3 rings (SSSR count).